The second-order valence-corrected chi connectivity index (χ2v) is 2.87. The van der Waals surface area contributed by atoms with E-state index in [0.717, 1.165) is 12.3 Å². The molecule has 1 rings (SSSR count). The van der Waals surface area contributed by atoms with E-state index >= 15 is 0 Å². The van der Waals surface area contributed by atoms with E-state index in [1.54, 1.807) is 0 Å². The predicted molar refractivity (Wildman–Crippen MR) is 53.9 cm³/mol. The van der Waals surface area contributed by atoms with Gasteiger partial charge >= 0.3 is 0 Å². The van der Waals surface area contributed by atoms with E-state index in [1.165, 1.54) is 11.1 Å². The lowest BCUT2D eigenvalue weighted by molar-refractivity contribution is 1.12. The van der Waals surface area contributed by atoms with Gasteiger partial charge in [0.1, 0.15) is 0 Å². The molecule has 0 bridgehead atoms. The fourth-order valence-corrected chi connectivity index (χ4v) is 1.30. The first-order valence-electron chi connectivity index (χ1n) is 4.32. The van der Waals surface area contributed by atoms with E-state index in [2.05, 4.69) is 50.0 Å². The summed E-state index contributed by atoms with van der Waals surface area (Å²) in [5.74, 6) is 0. The lowest BCUT2D eigenvalue weighted by Crippen LogP contribution is -1.97. The maximum Gasteiger partial charge on any atom is 0.0392 e. The molecule has 0 aliphatic heterocycles. The van der Waals surface area contributed by atoms with Crippen LogP contribution in [0.25, 0.3) is 0 Å². The summed E-state index contributed by atoms with van der Waals surface area (Å²) in [4.78, 5) is 4.37. The Labute approximate surface area is 74.2 Å². The summed E-state index contributed by atoms with van der Waals surface area (Å²) < 4.78 is 0. The number of aryl methyl sites for hydroxylation is 1. The number of rotatable bonds is 2. The first-order chi connectivity index (χ1) is 5.75. The van der Waals surface area contributed by atoms with E-state index in [-0.39, 0.29) is 0 Å². The maximum atomic E-state index is 4.37. The Hall–Kier alpha value is -1.11. The van der Waals surface area contributed by atoms with Gasteiger partial charge in [-0.05, 0) is 31.9 Å². The molecule has 64 valence electrons. The van der Waals surface area contributed by atoms with Crippen LogP contribution >= 0.6 is 0 Å². The summed E-state index contributed by atoms with van der Waals surface area (Å²) in [5, 5.41) is 0. The minimum absolute atomic E-state index is 0.861. The van der Waals surface area contributed by atoms with E-state index < -0.39 is 0 Å². The largest absolute Gasteiger partial charge is 0.290 e. The van der Waals surface area contributed by atoms with Crippen LogP contribution in [0.1, 0.15) is 25.0 Å². The molecule has 0 spiro atoms. The van der Waals surface area contributed by atoms with Gasteiger partial charge in [0, 0.05) is 12.3 Å². The smallest absolute Gasteiger partial charge is 0.0392 e. The zero-order valence-electron chi connectivity index (χ0n) is 7.96. The summed E-state index contributed by atoms with van der Waals surface area (Å²) in [6.45, 7) is 7.10. The van der Waals surface area contributed by atoms with Crippen LogP contribution < -0.4 is 0 Å². The average molecular weight is 161 g/mol. The van der Waals surface area contributed by atoms with Crippen molar-refractivity contribution < 1.29 is 0 Å². The highest BCUT2D eigenvalue weighted by Crippen LogP contribution is 2.07. The van der Waals surface area contributed by atoms with Crippen LogP contribution in [0.4, 0.5) is 0 Å². The van der Waals surface area contributed by atoms with Crippen LogP contribution in [0.5, 0.6) is 0 Å². The zero-order valence-corrected chi connectivity index (χ0v) is 7.96. The molecule has 0 fully saturated rings. The molecule has 12 heavy (non-hydrogen) atoms. The van der Waals surface area contributed by atoms with E-state index in [9.17, 15) is 0 Å². The molecule has 1 nitrogen and oxygen atoms in total. The third-order valence-corrected chi connectivity index (χ3v) is 1.93. The molecule has 1 heteroatoms. The van der Waals surface area contributed by atoms with Gasteiger partial charge < -0.3 is 0 Å². The number of hydrogen-bond acceptors (Lipinski definition) is 1. The van der Waals surface area contributed by atoms with Crippen molar-refractivity contribution in [2.45, 2.75) is 20.8 Å². The van der Waals surface area contributed by atoms with E-state index in [0.29, 0.717) is 0 Å². The Morgan fingerprint density at radius 1 is 1.33 bits per heavy atom. The summed E-state index contributed by atoms with van der Waals surface area (Å²) in [7, 11) is 0. The van der Waals surface area contributed by atoms with Gasteiger partial charge in [-0.25, -0.2) is 0 Å². The fraction of sp³-hybridized carbons (Fsp3) is 0.364. The molecular formula is C11H15N. The summed E-state index contributed by atoms with van der Waals surface area (Å²) in [6, 6.07) is 8.34. The lowest BCUT2D eigenvalue weighted by atomic mass is 10.1. The Balaban J connectivity index is 3.02. The standard InChI is InChI=1S/C11H15N/c1-4-12-10(3)11-8-6-5-7-9(11)2/h5-8H,4H2,1-3H3/b12-10-. The molecule has 0 radical (unpaired) electrons. The monoisotopic (exact) mass is 161 g/mol. The van der Waals surface area contributed by atoms with Gasteiger partial charge in [0.2, 0.25) is 0 Å². The van der Waals surface area contributed by atoms with Crippen LogP contribution in [0, 0.1) is 6.92 Å². The molecule has 0 aliphatic carbocycles. The van der Waals surface area contributed by atoms with Crippen molar-refractivity contribution in [3.63, 3.8) is 0 Å². The van der Waals surface area contributed by atoms with Gasteiger partial charge in [0.15, 0.2) is 0 Å². The average Bonchev–Trinajstić information content (AvgIpc) is 2.05. The Bertz CT molecular complexity index is 287. The molecular weight excluding hydrogens is 146 g/mol. The highest BCUT2D eigenvalue weighted by atomic mass is 14.7. The van der Waals surface area contributed by atoms with Crippen molar-refractivity contribution in [3.05, 3.63) is 35.4 Å². The van der Waals surface area contributed by atoms with Crippen LogP contribution in [0.2, 0.25) is 0 Å². The van der Waals surface area contributed by atoms with Crippen molar-refractivity contribution in [2.24, 2.45) is 4.99 Å². The second kappa shape index (κ2) is 4.05. The van der Waals surface area contributed by atoms with Crippen LogP contribution in [-0.4, -0.2) is 12.3 Å². The summed E-state index contributed by atoms with van der Waals surface area (Å²) in [6.07, 6.45) is 0. The highest BCUT2D eigenvalue weighted by Gasteiger charge is 1.98. The molecule has 0 heterocycles. The number of benzene rings is 1. The molecule has 1 aromatic carbocycles. The molecule has 0 amide bonds. The molecule has 0 aromatic heterocycles. The van der Waals surface area contributed by atoms with Crippen molar-refractivity contribution in [1.29, 1.82) is 0 Å². The SMILES string of the molecule is CC/N=C(/C)c1ccccc1C. The zero-order chi connectivity index (χ0) is 8.97. The molecule has 0 N–H and O–H groups in total. The maximum absolute atomic E-state index is 4.37. The molecule has 0 aliphatic rings. The first-order valence-corrected chi connectivity index (χ1v) is 4.32. The van der Waals surface area contributed by atoms with Gasteiger partial charge in [-0.1, -0.05) is 24.3 Å². The lowest BCUT2D eigenvalue weighted by Gasteiger charge is -2.03. The quantitative estimate of drug-likeness (QED) is 0.591. The predicted octanol–water partition coefficient (Wildman–Crippen LogP) is 2.82. The number of nitrogens with zero attached hydrogens (tertiary/aromatic N) is 1. The van der Waals surface area contributed by atoms with Gasteiger partial charge in [-0.2, -0.15) is 0 Å². The van der Waals surface area contributed by atoms with E-state index in [1.807, 2.05) is 0 Å². The topological polar surface area (TPSA) is 12.4 Å². The van der Waals surface area contributed by atoms with Gasteiger partial charge in [0.05, 0.1) is 0 Å². The minimum Gasteiger partial charge on any atom is -0.290 e. The van der Waals surface area contributed by atoms with Crippen LogP contribution in [0.3, 0.4) is 0 Å². The van der Waals surface area contributed by atoms with Crippen molar-refractivity contribution in [3.8, 4) is 0 Å². The molecule has 0 saturated carbocycles. The van der Waals surface area contributed by atoms with Gasteiger partial charge in [-0.15, -0.1) is 0 Å². The number of hydrogen-bond donors (Lipinski definition) is 0. The third-order valence-electron chi connectivity index (χ3n) is 1.93. The second-order valence-electron chi connectivity index (χ2n) is 2.87. The highest BCUT2D eigenvalue weighted by molar-refractivity contribution is 5.99. The Morgan fingerprint density at radius 3 is 2.58 bits per heavy atom. The van der Waals surface area contributed by atoms with Crippen molar-refractivity contribution in [1.82, 2.24) is 0 Å². The van der Waals surface area contributed by atoms with Gasteiger partial charge in [0.25, 0.3) is 0 Å². The third kappa shape index (κ3) is 1.94. The number of aliphatic imine (C=N–C) groups is 1. The van der Waals surface area contributed by atoms with Gasteiger partial charge in [-0.3, -0.25) is 4.99 Å². The molecule has 0 atom stereocenters. The Morgan fingerprint density at radius 2 is 2.00 bits per heavy atom. The van der Waals surface area contributed by atoms with Crippen LogP contribution in [-0.2, 0) is 0 Å². The first kappa shape index (κ1) is 8.98. The molecule has 0 unspecified atom stereocenters. The molecule has 1 aromatic rings. The molecule has 0 saturated heterocycles. The summed E-state index contributed by atoms with van der Waals surface area (Å²) >= 11 is 0. The van der Waals surface area contributed by atoms with Crippen LogP contribution in [0.15, 0.2) is 29.3 Å². The normalized spacial score (nSPS) is 11.8. The van der Waals surface area contributed by atoms with E-state index in [4.69, 9.17) is 0 Å². The fourth-order valence-electron chi connectivity index (χ4n) is 1.30. The minimum atomic E-state index is 0.861. The summed E-state index contributed by atoms with van der Waals surface area (Å²) in [5.41, 5.74) is 3.70. The Kier molecular flexibility index (Phi) is 3.03. The van der Waals surface area contributed by atoms with Crippen molar-refractivity contribution in [2.75, 3.05) is 6.54 Å². The van der Waals surface area contributed by atoms with Crippen molar-refractivity contribution >= 4 is 5.71 Å².